The average Bonchev–Trinajstić information content (AvgIpc) is 2.90. The first-order valence-corrected chi connectivity index (χ1v) is 7.07. The molecule has 2 bridgehead atoms. The Morgan fingerprint density at radius 1 is 1.33 bits per heavy atom. The maximum atomic E-state index is 4.19. The number of anilines is 1. The van der Waals surface area contributed by atoms with E-state index in [1.807, 2.05) is 0 Å². The second kappa shape index (κ2) is 3.70. The Morgan fingerprint density at radius 3 is 2.73 bits per heavy atom. The van der Waals surface area contributed by atoms with Gasteiger partial charge in [0, 0.05) is 13.1 Å². The van der Waals surface area contributed by atoms with Crippen LogP contribution in [0.3, 0.4) is 0 Å². The molecule has 0 N–H and O–H groups in total. The lowest BCUT2D eigenvalue weighted by Gasteiger charge is -2.30. The summed E-state index contributed by atoms with van der Waals surface area (Å²) in [6, 6.07) is 0.712. The molecular formula is C10H14BrN3S. The highest BCUT2D eigenvalue weighted by molar-refractivity contribution is 9.11. The fourth-order valence-corrected chi connectivity index (χ4v) is 4.28. The van der Waals surface area contributed by atoms with Crippen molar-refractivity contribution in [1.29, 1.82) is 0 Å². The quantitative estimate of drug-likeness (QED) is 0.838. The van der Waals surface area contributed by atoms with Gasteiger partial charge in [-0.2, -0.15) is 0 Å². The molecule has 0 aromatic carbocycles. The summed E-state index contributed by atoms with van der Waals surface area (Å²) in [5, 5.41) is 9.26. The van der Waals surface area contributed by atoms with Crippen LogP contribution in [-0.4, -0.2) is 23.3 Å². The molecule has 0 radical (unpaired) electrons. The lowest BCUT2D eigenvalue weighted by Crippen LogP contribution is -2.35. The van der Waals surface area contributed by atoms with Crippen molar-refractivity contribution in [3.63, 3.8) is 0 Å². The number of hydrogen-bond acceptors (Lipinski definition) is 4. The Morgan fingerprint density at radius 2 is 2.20 bits per heavy atom. The van der Waals surface area contributed by atoms with Gasteiger partial charge in [-0.25, -0.2) is 0 Å². The minimum atomic E-state index is 0.712. The van der Waals surface area contributed by atoms with Gasteiger partial charge in [-0.15, -0.1) is 10.2 Å². The first-order chi connectivity index (χ1) is 7.24. The Balaban J connectivity index is 1.77. The second-order valence-electron chi connectivity index (χ2n) is 4.69. The van der Waals surface area contributed by atoms with Gasteiger partial charge in [0.25, 0.3) is 0 Å². The molecule has 0 saturated heterocycles. The molecule has 3 nitrogen and oxygen atoms in total. The molecule has 3 unspecified atom stereocenters. The van der Waals surface area contributed by atoms with Gasteiger partial charge in [-0.05, 0) is 47.0 Å². The van der Waals surface area contributed by atoms with Crippen LogP contribution in [0, 0.1) is 11.8 Å². The third-order valence-electron chi connectivity index (χ3n) is 3.89. The maximum Gasteiger partial charge on any atom is 0.209 e. The van der Waals surface area contributed by atoms with Crippen molar-refractivity contribution in [1.82, 2.24) is 10.2 Å². The summed E-state index contributed by atoms with van der Waals surface area (Å²) in [6.45, 7) is 0. The van der Waals surface area contributed by atoms with E-state index in [1.165, 1.54) is 25.7 Å². The lowest BCUT2D eigenvalue weighted by atomic mass is 9.95. The number of rotatable bonds is 2. The van der Waals surface area contributed by atoms with E-state index in [1.54, 1.807) is 11.3 Å². The van der Waals surface area contributed by atoms with Gasteiger partial charge in [-0.3, -0.25) is 0 Å². The molecule has 2 aliphatic carbocycles. The topological polar surface area (TPSA) is 29.0 Å². The monoisotopic (exact) mass is 287 g/mol. The molecule has 82 valence electrons. The van der Waals surface area contributed by atoms with Crippen LogP contribution in [0.15, 0.2) is 3.92 Å². The van der Waals surface area contributed by atoms with E-state index in [4.69, 9.17) is 0 Å². The Hall–Kier alpha value is -0.160. The molecule has 0 amide bonds. The van der Waals surface area contributed by atoms with Crippen molar-refractivity contribution in [2.75, 3.05) is 11.9 Å². The fraction of sp³-hybridized carbons (Fsp3) is 0.800. The van der Waals surface area contributed by atoms with Crippen LogP contribution in [0.2, 0.25) is 0 Å². The van der Waals surface area contributed by atoms with Gasteiger partial charge in [0.15, 0.2) is 3.92 Å². The molecule has 1 aromatic rings. The summed E-state index contributed by atoms with van der Waals surface area (Å²) in [6.07, 6.45) is 5.67. The van der Waals surface area contributed by atoms with Crippen molar-refractivity contribution >= 4 is 32.4 Å². The largest absolute Gasteiger partial charge is 0.346 e. The Labute approximate surface area is 102 Å². The standard InChI is InChI=1S/C10H14BrN3S/c1-14(10-13-12-9(11)15-10)8-5-6-2-3-7(8)4-6/h6-8H,2-5H2,1H3. The first-order valence-electron chi connectivity index (χ1n) is 5.46. The SMILES string of the molecule is CN(c1nnc(Br)s1)C1CC2CCC1C2. The molecule has 0 aliphatic heterocycles. The summed E-state index contributed by atoms with van der Waals surface area (Å²) in [5.74, 6) is 1.89. The third-order valence-corrected chi connectivity index (χ3v) is 5.34. The predicted octanol–water partition coefficient (Wildman–Crippen LogP) is 2.93. The highest BCUT2D eigenvalue weighted by atomic mass is 79.9. The zero-order valence-corrected chi connectivity index (χ0v) is 11.1. The van der Waals surface area contributed by atoms with Gasteiger partial charge < -0.3 is 4.90 Å². The summed E-state index contributed by atoms with van der Waals surface area (Å²) in [5.41, 5.74) is 0. The summed E-state index contributed by atoms with van der Waals surface area (Å²) < 4.78 is 0.882. The number of nitrogens with zero attached hydrogens (tertiary/aromatic N) is 3. The molecule has 3 rings (SSSR count). The molecule has 2 saturated carbocycles. The molecule has 2 aliphatic rings. The van der Waals surface area contributed by atoms with Gasteiger partial charge in [0.2, 0.25) is 5.13 Å². The highest BCUT2D eigenvalue weighted by Crippen LogP contribution is 2.47. The molecule has 2 fully saturated rings. The fourth-order valence-electron chi connectivity index (χ4n) is 3.17. The number of hydrogen-bond donors (Lipinski definition) is 0. The average molecular weight is 288 g/mol. The van der Waals surface area contributed by atoms with Crippen molar-refractivity contribution in [2.24, 2.45) is 11.8 Å². The zero-order chi connectivity index (χ0) is 10.4. The van der Waals surface area contributed by atoms with Gasteiger partial charge in [-0.1, -0.05) is 17.8 Å². The van der Waals surface area contributed by atoms with Gasteiger partial charge in [0.1, 0.15) is 0 Å². The smallest absolute Gasteiger partial charge is 0.209 e. The molecule has 15 heavy (non-hydrogen) atoms. The molecule has 1 aromatic heterocycles. The van der Waals surface area contributed by atoms with E-state index in [-0.39, 0.29) is 0 Å². The van der Waals surface area contributed by atoms with Crippen LogP contribution in [-0.2, 0) is 0 Å². The number of halogens is 1. The third kappa shape index (κ3) is 1.69. The van der Waals surface area contributed by atoms with Crippen molar-refractivity contribution in [3.8, 4) is 0 Å². The number of fused-ring (bicyclic) bond motifs is 2. The predicted molar refractivity (Wildman–Crippen MR) is 65.2 cm³/mol. The summed E-state index contributed by atoms with van der Waals surface area (Å²) in [7, 11) is 2.16. The molecular weight excluding hydrogens is 274 g/mol. The van der Waals surface area contributed by atoms with Crippen LogP contribution in [0.5, 0.6) is 0 Å². The minimum Gasteiger partial charge on any atom is -0.346 e. The maximum absolute atomic E-state index is 4.19. The summed E-state index contributed by atoms with van der Waals surface area (Å²) in [4.78, 5) is 2.34. The van der Waals surface area contributed by atoms with Crippen LogP contribution in [0.4, 0.5) is 5.13 Å². The second-order valence-corrected chi connectivity index (χ2v) is 6.92. The Bertz CT molecular complexity index is 367. The van der Waals surface area contributed by atoms with E-state index >= 15 is 0 Å². The molecule has 5 heteroatoms. The van der Waals surface area contributed by atoms with Crippen molar-refractivity contribution < 1.29 is 0 Å². The van der Waals surface area contributed by atoms with Crippen LogP contribution < -0.4 is 4.90 Å². The highest BCUT2D eigenvalue weighted by Gasteiger charge is 2.42. The molecule has 3 atom stereocenters. The van der Waals surface area contributed by atoms with Crippen molar-refractivity contribution in [2.45, 2.75) is 31.7 Å². The first kappa shape index (κ1) is 10.0. The summed E-state index contributed by atoms with van der Waals surface area (Å²) >= 11 is 5.00. The normalized spacial score (nSPS) is 33.6. The van der Waals surface area contributed by atoms with E-state index in [2.05, 4.69) is 38.1 Å². The molecule has 0 spiro atoms. The van der Waals surface area contributed by atoms with Crippen LogP contribution in [0.1, 0.15) is 25.7 Å². The van der Waals surface area contributed by atoms with Gasteiger partial charge in [0.05, 0.1) is 0 Å². The minimum absolute atomic E-state index is 0.712. The van der Waals surface area contributed by atoms with Crippen LogP contribution in [0.25, 0.3) is 0 Å². The van der Waals surface area contributed by atoms with Crippen LogP contribution >= 0.6 is 27.3 Å². The zero-order valence-electron chi connectivity index (χ0n) is 8.69. The van der Waals surface area contributed by atoms with Gasteiger partial charge >= 0.3 is 0 Å². The lowest BCUT2D eigenvalue weighted by molar-refractivity contribution is 0.404. The van der Waals surface area contributed by atoms with Crippen molar-refractivity contribution in [3.05, 3.63) is 3.92 Å². The number of aromatic nitrogens is 2. The van der Waals surface area contributed by atoms with E-state index in [0.717, 1.165) is 20.9 Å². The van der Waals surface area contributed by atoms with E-state index in [0.29, 0.717) is 6.04 Å². The van der Waals surface area contributed by atoms with E-state index in [9.17, 15) is 0 Å². The van der Waals surface area contributed by atoms with E-state index < -0.39 is 0 Å². The molecule has 1 heterocycles. The Kier molecular flexibility index (Phi) is 2.47.